The topological polar surface area (TPSA) is 9.23 Å². The summed E-state index contributed by atoms with van der Waals surface area (Å²) in [5.74, 6) is 0.363. The molecule has 0 heterocycles. The van der Waals surface area contributed by atoms with E-state index in [1.165, 1.54) is 22.3 Å². The molecule has 0 saturated carbocycles. The molecular formula is C20H24O. The molecule has 21 heavy (non-hydrogen) atoms. The summed E-state index contributed by atoms with van der Waals surface area (Å²) < 4.78 is 6.20. The number of rotatable bonds is 3. The van der Waals surface area contributed by atoms with Crippen LogP contribution in [0.25, 0.3) is 11.1 Å². The maximum atomic E-state index is 6.20. The monoisotopic (exact) mass is 280 g/mol. The van der Waals surface area contributed by atoms with Crippen LogP contribution in [0, 0.1) is 5.41 Å². The van der Waals surface area contributed by atoms with Gasteiger partial charge in [-0.2, -0.15) is 0 Å². The first-order valence-corrected chi connectivity index (χ1v) is 7.78. The molecule has 1 atom stereocenters. The van der Waals surface area contributed by atoms with Crippen LogP contribution in [-0.2, 0) is 4.74 Å². The molecule has 0 saturated heterocycles. The zero-order chi connectivity index (χ0) is 15.0. The Labute approximate surface area is 128 Å². The van der Waals surface area contributed by atoms with E-state index in [2.05, 4.69) is 76.2 Å². The second-order valence-corrected chi connectivity index (χ2v) is 7.07. The maximum absolute atomic E-state index is 6.20. The van der Waals surface area contributed by atoms with E-state index >= 15 is 0 Å². The highest BCUT2D eigenvalue weighted by molar-refractivity contribution is 5.78. The van der Waals surface area contributed by atoms with Crippen molar-refractivity contribution in [1.29, 1.82) is 0 Å². The Morgan fingerprint density at radius 3 is 1.86 bits per heavy atom. The minimum absolute atomic E-state index is 0.178. The molecule has 0 radical (unpaired) electrons. The van der Waals surface area contributed by atoms with Crippen LogP contribution >= 0.6 is 0 Å². The van der Waals surface area contributed by atoms with Crippen LogP contribution in [0.2, 0.25) is 0 Å². The molecule has 1 aliphatic carbocycles. The Balaban J connectivity index is 1.89. The third kappa shape index (κ3) is 2.63. The van der Waals surface area contributed by atoms with E-state index in [0.717, 1.165) is 6.61 Å². The second kappa shape index (κ2) is 5.31. The Morgan fingerprint density at radius 1 is 0.905 bits per heavy atom. The molecule has 2 aromatic carbocycles. The largest absolute Gasteiger partial charge is 0.377 e. The molecule has 1 heteroatoms. The van der Waals surface area contributed by atoms with Crippen molar-refractivity contribution in [2.24, 2.45) is 5.41 Å². The van der Waals surface area contributed by atoms with Crippen LogP contribution in [0.15, 0.2) is 48.5 Å². The van der Waals surface area contributed by atoms with Crippen LogP contribution in [-0.4, -0.2) is 12.7 Å². The zero-order valence-corrected chi connectivity index (χ0v) is 13.4. The summed E-state index contributed by atoms with van der Waals surface area (Å²) >= 11 is 0. The Morgan fingerprint density at radius 2 is 1.38 bits per heavy atom. The molecule has 0 bridgehead atoms. The van der Waals surface area contributed by atoms with Crippen molar-refractivity contribution in [3.63, 3.8) is 0 Å². The third-order valence-electron chi connectivity index (χ3n) is 4.70. The quantitative estimate of drug-likeness (QED) is 0.746. The highest BCUT2D eigenvalue weighted by Crippen LogP contribution is 2.44. The van der Waals surface area contributed by atoms with E-state index in [4.69, 9.17) is 4.74 Å². The number of hydrogen-bond donors (Lipinski definition) is 0. The third-order valence-corrected chi connectivity index (χ3v) is 4.70. The molecule has 0 amide bonds. The van der Waals surface area contributed by atoms with E-state index in [1.54, 1.807) is 0 Å². The van der Waals surface area contributed by atoms with Crippen LogP contribution in [0.1, 0.15) is 44.7 Å². The highest BCUT2D eigenvalue weighted by Gasteiger charge is 2.29. The first kappa shape index (κ1) is 14.3. The molecule has 0 fully saturated rings. The van der Waals surface area contributed by atoms with Crippen molar-refractivity contribution < 1.29 is 4.74 Å². The molecule has 1 aliphatic rings. The van der Waals surface area contributed by atoms with E-state index in [0.29, 0.717) is 5.92 Å². The molecule has 1 unspecified atom stereocenters. The lowest BCUT2D eigenvalue weighted by Gasteiger charge is -2.28. The van der Waals surface area contributed by atoms with Crippen molar-refractivity contribution in [2.45, 2.75) is 39.7 Å². The lowest BCUT2D eigenvalue weighted by atomic mass is 9.90. The van der Waals surface area contributed by atoms with Crippen molar-refractivity contribution in [1.82, 2.24) is 0 Å². The summed E-state index contributed by atoms with van der Waals surface area (Å²) in [5.41, 5.74) is 5.72. The maximum Gasteiger partial charge on any atom is 0.0595 e. The molecular weight excluding hydrogens is 256 g/mol. The molecule has 0 aliphatic heterocycles. The van der Waals surface area contributed by atoms with E-state index in [9.17, 15) is 0 Å². The fourth-order valence-corrected chi connectivity index (χ4v) is 2.93. The predicted octanol–water partition coefficient (Wildman–Crippen LogP) is 5.25. The Hall–Kier alpha value is -1.60. The van der Waals surface area contributed by atoms with E-state index < -0.39 is 0 Å². The van der Waals surface area contributed by atoms with Gasteiger partial charge in [0, 0.05) is 5.92 Å². The summed E-state index contributed by atoms with van der Waals surface area (Å²) in [6.07, 6.45) is 0.248. The van der Waals surface area contributed by atoms with Crippen LogP contribution < -0.4 is 0 Å². The number of ether oxygens (including phenoxy) is 1. The van der Waals surface area contributed by atoms with Gasteiger partial charge in [-0.3, -0.25) is 0 Å². The van der Waals surface area contributed by atoms with Gasteiger partial charge in [-0.25, -0.2) is 0 Å². The first-order chi connectivity index (χ1) is 9.98. The van der Waals surface area contributed by atoms with E-state index in [1.807, 2.05) is 0 Å². The lowest BCUT2D eigenvalue weighted by Crippen LogP contribution is -2.27. The average Bonchev–Trinajstić information content (AvgIpc) is 2.78. The SMILES string of the molecule is CC(OCC1c2ccccc2-c2ccccc21)C(C)(C)C. The number of benzene rings is 2. The van der Waals surface area contributed by atoms with Crippen LogP contribution in [0.4, 0.5) is 0 Å². The van der Waals surface area contributed by atoms with Gasteiger partial charge in [0.15, 0.2) is 0 Å². The normalized spacial score (nSPS) is 15.6. The van der Waals surface area contributed by atoms with Crippen LogP contribution in [0.5, 0.6) is 0 Å². The highest BCUT2D eigenvalue weighted by atomic mass is 16.5. The van der Waals surface area contributed by atoms with Crippen molar-refractivity contribution in [2.75, 3.05) is 6.61 Å². The molecule has 3 rings (SSSR count). The molecule has 0 aromatic heterocycles. The Bertz CT molecular complexity index is 591. The number of hydrogen-bond acceptors (Lipinski definition) is 1. The van der Waals surface area contributed by atoms with Gasteiger partial charge < -0.3 is 4.74 Å². The molecule has 1 nitrogen and oxygen atoms in total. The summed E-state index contributed by atoms with van der Waals surface area (Å²) in [5, 5.41) is 0. The molecule has 0 spiro atoms. The molecule has 0 N–H and O–H groups in total. The predicted molar refractivity (Wildman–Crippen MR) is 88.6 cm³/mol. The fraction of sp³-hybridized carbons (Fsp3) is 0.400. The Kier molecular flexibility index (Phi) is 3.62. The summed E-state index contributed by atoms with van der Waals surface area (Å²) in [4.78, 5) is 0. The average molecular weight is 280 g/mol. The standard InChI is InChI=1S/C20H24O/c1-14(20(2,3)4)21-13-19-17-11-7-5-9-15(17)16-10-6-8-12-18(16)19/h5-12,14,19H,13H2,1-4H3. The van der Waals surface area contributed by atoms with Gasteiger partial charge in [0.2, 0.25) is 0 Å². The second-order valence-electron chi connectivity index (χ2n) is 7.07. The summed E-state index contributed by atoms with van der Waals surface area (Å²) in [7, 11) is 0. The minimum atomic E-state index is 0.178. The van der Waals surface area contributed by atoms with Gasteiger partial charge in [-0.05, 0) is 34.6 Å². The smallest absolute Gasteiger partial charge is 0.0595 e. The van der Waals surface area contributed by atoms with Crippen molar-refractivity contribution in [3.8, 4) is 11.1 Å². The van der Waals surface area contributed by atoms with Gasteiger partial charge in [-0.1, -0.05) is 69.3 Å². The lowest BCUT2D eigenvalue weighted by molar-refractivity contribution is -0.00774. The van der Waals surface area contributed by atoms with Gasteiger partial charge in [0.1, 0.15) is 0 Å². The van der Waals surface area contributed by atoms with Crippen LogP contribution in [0.3, 0.4) is 0 Å². The zero-order valence-electron chi connectivity index (χ0n) is 13.4. The van der Waals surface area contributed by atoms with E-state index in [-0.39, 0.29) is 11.5 Å². The van der Waals surface area contributed by atoms with Crippen molar-refractivity contribution in [3.05, 3.63) is 59.7 Å². The molecule has 110 valence electrons. The summed E-state index contributed by atoms with van der Waals surface area (Å²) in [6.45, 7) is 9.62. The first-order valence-electron chi connectivity index (χ1n) is 7.78. The minimum Gasteiger partial charge on any atom is -0.377 e. The van der Waals surface area contributed by atoms with Crippen molar-refractivity contribution >= 4 is 0 Å². The van der Waals surface area contributed by atoms with Gasteiger partial charge in [-0.15, -0.1) is 0 Å². The fourth-order valence-electron chi connectivity index (χ4n) is 2.93. The van der Waals surface area contributed by atoms with Gasteiger partial charge in [0.25, 0.3) is 0 Å². The number of fused-ring (bicyclic) bond motifs is 3. The van der Waals surface area contributed by atoms with Gasteiger partial charge >= 0.3 is 0 Å². The molecule has 2 aromatic rings. The van der Waals surface area contributed by atoms with Gasteiger partial charge in [0.05, 0.1) is 12.7 Å². The summed E-state index contributed by atoms with van der Waals surface area (Å²) in [6, 6.07) is 17.4.